The van der Waals surface area contributed by atoms with Crippen molar-refractivity contribution in [3.8, 4) is 0 Å². The Morgan fingerprint density at radius 1 is 1.13 bits per heavy atom. The fraction of sp³-hybridized carbons (Fsp3) is 0.952. The van der Waals surface area contributed by atoms with Crippen LogP contribution in [0.3, 0.4) is 0 Å². The molecule has 0 saturated heterocycles. The Labute approximate surface area is 141 Å². The number of hydrogen-bond donors (Lipinski definition) is 1. The van der Waals surface area contributed by atoms with Crippen LogP contribution >= 0.6 is 0 Å². The first-order valence-electron chi connectivity index (χ1n) is 10.2. The van der Waals surface area contributed by atoms with Crippen molar-refractivity contribution < 1.29 is 9.90 Å². The lowest BCUT2D eigenvalue weighted by Gasteiger charge is -2.61. The van der Waals surface area contributed by atoms with E-state index in [1.807, 2.05) is 0 Å². The normalized spacial score (nSPS) is 55.6. The summed E-state index contributed by atoms with van der Waals surface area (Å²) in [6.45, 7) is 4.72. The smallest absolute Gasteiger partial charge is 0.126 e. The number of fused-ring (bicyclic) bond motifs is 5. The van der Waals surface area contributed by atoms with Crippen molar-refractivity contribution in [2.45, 2.75) is 84.2 Å². The Kier molecular flexibility index (Phi) is 3.91. The van der Waals surface area contributed by atoms with E-state index in [-0.39, 0.29) is 11.5 Å². The molecule has 1 unspecified atom stereocenters. The van der Waals surface area contributed by atoms with Gasteiger partial charge in [0.2, 0.25) is 0 Å². The van der Waals surface area contributed by atoms with Crippen molar-refractivity contribution in [3.05, 3.63) is 0 Å². The molecule has 2 nitrogen and oxygen atoms in total. The Morgan fingerprint density at radius 3 is 2.70 bits per heavy atom. The van der Waals surface area contributed by atoms with Crippen LogP contribution in [-0.2, 0) is 4.79 Å². The Morgan fingerprint density at radius 2 is 1.96 bits per heavy atom. The fourth-order valence-corrected chi connectivity index (χ4v) is 8.04. The highest BCUT2D eigenvalue weighted by molar-refractivity contribution is 5.62. The van der Waals surface area contributed by atoms with Crippen molar-refractivity contribution in [1.82, 2.24) is 0 Å². The molecule has 1 N–H and O–H groups in total. The number of hydrogen-bond acceptors (Lipinski definition) is 2. The number of carbonyl (C=O) groups excluding carboxylic acids is 1. The van der Waals surface area contributed by atoms with E-state index in [9.17, 15) is 9.90 Å². The van der Waals surface area contributed by atoms with Crippen LogP contribution < -0.4 is 0 Å². The zero-order valence-corrected chi connectivity index (χ0v) is 15.0. The molecule has 23 heavy (non-hydrogen) atoms. The summed E-state index contributed by atoms with van der Waals surface area (Å²) in [6.07, 6.45) is 13.3. The highest BCUT2D eigenvalue weighted by Crippen LogP contribution is 2.67. The van der Waals surface area contributed by atoms with Gasteiger partial charge in [0.25, 0.3) is 0 Å². The Balaban J connectivity index is 1.71. The quantitative estimate of drug-likeness (QED) is 0.756. The molecule has 2 heteroatoms. The third kappa shape index (κ3) is 2.06. The average molecular weight is 319 g/mol. The zero-order chi connectivity index (χ0) is 16.2. The topological polar surface area (TPSA) is 37.3 Å². The van der Waals surface area contributed by atoms with Gasteiger partial charge < -0.3 is 9.90 Å². The van der Waals surface area contributed by atoms with Gasteiger partial charge in [-0.3, -0.25) is 0 Å². The van der Waals surface area contributed by atoms with Gasteiger partial charge in [-0.1, -0.05) is 33.1 Å². The van der Waals surface area contributed by atoms with Crippen LogP contribution in [0.2, 0.25) is 0 Å². The summed E-state index contributed by atoms with van der Waals surface area (Å²) in [7, 11) is 0. The lowest BCUT2D eigenvalue weighted by molar-refractivity contribution is -0.174. The van der Waals surface area contributed by atoms with Gasteiger partial charge in [0, 0.05) is 5.41 Å². The Hall–Kier alpha value is -0.370. The fourth-order valence-electron chi connectivity index (χ4n) is 8.04. The number of aliphatic hydroxyl groups is 1. The van der Waals surface area contributed by atoms with Crippen LogP contribution in [0.5, 0.6) is 0 Å². The molecule has 0 bridgehead atoms. The van der Waals surface area contributed by atoms with Gasteiger partial charge in [-0.05, 0) is 80.0 Å². The lowest BCUT2D eigenvalue weighted by atomic mass is 9.44. The maximum absolute atomic E-state index is 12.2. The van der Waals surface area contributed by atoms with E-state index in [2.05, 4.69) is 13.8 Å². The molecule has 0 aliphatic heterocycles. The van der Waals surface area contributed by atoms with Crippen LogP contribution in [0.25, 0.3) is 0 Å². The molecule has 130 valence electrons. The molecule has 8 atom stereocenters. The third-order valence-corrected chi connectivity index (χ3v) is 9.00. The van der Waals surface area contributed by atoms with Crippen LogP contribution in [0.15, 0.2) is 0 Å². The van der Waals surface area contributed by atoms with E-state index < -0.39 is 0 Å². The van der Waals surface area contributed by atoms with E-state index in [1.54, 1.807) is 0 Å². The van der Waals surface area contributed by atoms with Gasteiger partial charge in [-0.25, -0.2) is 0 Å². The average Bonchev–Trinajstić information content (AvgIpc) is 2.92. The molecule has 0 radical (unpaired) electrons. The number of carbonyl (C=O) groups is 1. The monoisotopic (exact) mass is 318 g/mol. The number of rotatable bonds is 2. The van der Waals surface area contributed by atoms with Gasteiger partial charge in [-0.2, -0.15) is 0 Å². The molecular weight excluding hydrogens is 284 g/mol. The van der Waals surface area contributed by atoms with Crippen LogP contribution in [0, 0.1) is 40.4 Å². The predicted molar refractivity (Wildman–Crippen MR) is 91.9 cm³/mol. The molecule has 4 aliphatic carbocycles. The van der Waals surface area contributed by atoms with E-state index in [0.29, 0.717) is 29.1 Å². The first kappa shape index (κ1) is 16.1. The van der Waals surface area contributed by atoms with Gasteiger partial charge in [-0.15, -0.1) is 0 Å². The van der Waals surface area contributed by atoms with Crippen molar-refractivity contribution in [3.63, 3.8) is 0 Å². The van der Waals surface area contributed by atoms with Crippen LogP contribution in [-0.4, -0.2) is 17.5 Å². The van der Waals surface area contributed by atoms with Crippen molar-refractivity contribution in [1.29, 1.82) is 0 Å². The van der Waals surface area contributed by atoms with E-state index in [1.165, 1.54) is 57.7 Å². The van der Waals surface area contributed by atoms with Crippen molar-refractivity contribution in [2.24, 2.45) is 40.4 Å². The molecule has 4 aliphatic rings. The molecule has 4 saturated carbocycles. The number of aldehydes is 1. The largest absolute Gasteiger partial charge is 0.393 e. The highest BCUT2D eigenvalue weighted by atomic mass is 16.3. The predicted octanol–water partition coefficient (Wildman–Crippen LogP) is 4.60. The maximum atomic E-state index is 12.2. The maximum Gasteiger partial charge on any atom is 0.126 e. The van der Waals surface area contributed by atoms with Crippen molar-refractivity contribution in [2.75, 3.05) is 0 Å². The minimum atomic E-state index is -0.250. The standard InChI is InChI=1S/C21H34O2/c1-3-14-8-10-17-16-9-7-15-6-4-5-11-20(15,2)19(16)18(23)12-21(14,17)13-22/h13-19,23H,3-12H2,1-2H3/t14-,15?,16-,17-,18-,19+,20-,21-/m0/s1. The van der Waals surface area contributed by atoms with E-state index in [4.69, 9.17) is 0 Å². The second-order valence-electron chi connectivity index (χ2n) is 9.51. The first-order chi connectivity index (χ1) is 11.1. The summed E-state index contributed by atoms with van der Waals surface area (Å²) >= 11 is 0. The first-order valence-corrected chi connectivity index (χ1v) is 10.2. The van der Waals surface area contributed by atoms with Crippen molar-refractivity contribution >= 4 is 6.29 Å². The van der Waals surface area contributed by atoms with Gasteiger partial charge in [0.15, 0.2) is 0 Å². The highest BCUT2D eigenvalue weighted by Gasteiger charge is 2.63. The molecule has 4 fully saturated rings. The summed E-state index contributed by atoms with van der Waals surface area (Å²) in [5, 5.41) is 11.2. The third-order valence-electron chi connectivity index (χ3n) is 9.00. The molecule has 0 aromatic rings. The second kappa shape index (κ2) is 5.58. The van der Waals surface area contributed by atoms with Gasteiger partial charge in [0.05, 0.1) is 6.10 Å². The summed E-state index contributed by atoms with van der Waals surface area (Å²) in [4.78, 5) is 12.2. The van der Waals surface area contributed by atoms with E-state index in [0.717, 1.165) is 18.8 Å². The SMILES string of the molecule is CC[C@H]1CC[C@H]2[C@@H]3CCC4CCCC[C@]4(C)[C@H]3[C@@H](O)C[C@]12C=O. The molecule has 4 rings (SSSR count). The summed E-state index contributed by atoms with van der Waals surface area (Å²) < 4.78 is 0. The molecule has 0 aromatic carbocycles. The lowest BCUT2D eigenvalue weighted by Crippen LogP contribution is -2.59. The molecular formula is C21H34O2. The van der Waals surface area contributed by atoms with Gasteiger partial charge in [0.1, 0.15) is 6.29 Å². The van der Waals surface area contributed by atoms with Gasteiger partial charge >= 0.3 is 0 Å². The number of aliphatic hydroxyl groups excluding tert-OH is 1. The van der Waals surface area contributed by atoms with Crippen LogP contribution in [0.4, 0.5) is 0 Å². The second-order valence-corrected chi connectivity index (χ2v) is 9.51. The molecule has 0 spiro atoms. The summed E-state index contributed by atoms with van der Waals surface area (Å²) in [5.41, 5.74) is 0.132. The Bertz CT molecular complexity index is 474. The molecule has 0 heterocycles. The molecule has 0 amide bonds. The molecule has 0 aromatic heterocycles. The van der Waals surface area contributed by atoms with Crippen LogP contribution in [0.1, 0.15) is 78.1 Å². The zero-order valence-electron chi connectivity index (χ0n) is 15.0. The summed E-state index contributed by atoms with van der Waals surface area (Å²) in [5.74, 6) is 2.94. The summed E-state index contributed by atoms with van der Waals surface area (Å²) in [6, 6.07) is 0. The minimum absolute atomic E-state index is 0.201. The minimum Gasteiger partial charge on any atom is -0.393 e. The van der Waals surface area contributed by atoms with E-state index >= 15 is 0 Å².